The molecule has 7 heteroatoms. The summed E-state index contributed by atoms with van der Waals surface area (Å²) in [6, 6.07) is 14.9. The average molecular weight is 453 g/mol. The minimum atomic E-state index is -1.00. The maximum absolute atomic E-state index is 12.2. The average Bonchev–Trinajstić information content (AvgIpc) is 3.00. The third-order valence-corrected chi connectivity index (χ3v) is 6.44. The van der Waals surface area contributed by atoms with Gasteiger partial charge < -0.3 is 28.8 Å². The van der Waals surface area contributed by atoms with Gasteiger partial charge in [0.15, 0.2) is 11.5 Å². The minimum Gasteiger partial charge on any atom is -0.504 e. The highest BCUT2D eigenvalue weighted by molar-refractivity contribution is 5.73. The molecular weight excluding hydrogens is 424 g/mol. The normalized spacial score (nSPS) is 30.0. The highest BCUT2D eigenvalue weighted by atomic mass is 16.9. The van der Waals surface area contributed by atoms with Crippen molar-refractivity contribution in [2.45, 2.75) is 50.0 Å². The minimum absolute atomic E-state index is 0.00846. The molecule has 2 heterocycles. The van der Waals surface area contributed by atoms with Gasteiger partial charge in [-0.3, -0.25) is 4.79 Å². The number of rotatable bonds is 8. The molecule has 5 atom stereocenters. The number of phenols is 1. The van der Waals surface area contributed by atoms with Crippen LogP contribution in [0.3, 0.4) is 0 Å². The van der Waals surface area contributed by atoms with Crippen LogP contribution in [0.4, 0.5) is 0 Å². The first kappa shape index (κ1) is 21.9. The van der Waals surface area contributed by atoms with Crippen molar-refractivity contribution in [1.82, 2.24) is 0 Å². The van der Waals surface area contributed by atoms with Crippen LogP contribution in [0.1, 0.15) is 24.0 Å². The highest BCUT2D eigenvalue weighted by Crippen LogP contribution is 2.50. The predicted molar refractivity (Wildman–Crippen MR) is 119 cm³/mol. The van der Waals surface area contributed by atoms with E-state index < -0.39 is 5.97 Å². The number of fused-ring (bicyclic) bond motifs is 2. The summed E-state index contributed by atoms with van der Waals surface area (Å²) in [6.07, 6.45) is 6.34. The molecule has 0 amide bonds. The summed E-state index contributed by atoms with van der Waals surface area (Å²) >= 11 is 0. The van der Waals surface area contributed by atoms with Crippen molar-refractivity contribution >= 4 is 5.97 Å². The Morgan fingerprint density at radius 3 is 2.70 bits per heavy atom. The second-order valence-electron chi connectivity index (χ2n) is 8.69. The molecule has 1 unspecified atom stereocenters. The molecule has 0 aromatic heterocycles. The molecule has 2 saturated heterocycles. The van der Waals surface area contributed by atoms with Gasteiger partial charge in [-0.15, -0.1) is 0 Å². The molecule has 2 aliphatic heterocycles. The molecule has 1 N–H and O–H groups in total. The van der Waals surface area contributed by atoms with Crippen LogP contribution in [-0.4, -0.2) is 49.1 Å². The first-order valence-electron chi connectivity index (χ1n) is 11.3. The number of hydrogen-bond acceptors (Lipinski definition) is 7. The zero-order chi connectivity index (χ0) is 22.8. The fraction of sp³-hybridized carbons (Fsp3) is 0.423. The number of esters is 1. The summed E-state index contributed by atoms with van der Waals surface area (Å²) < 4.78 is 29.3. The van der Waals surface area contributed by atoms with E-state index in [0.717, 1.165) is 18.4 Å². The Labute approximate surface area is 192 Å². The van der Waals surface area contributed by atoms with Crippen LogP contribution in [0, 0.1) is 5.92 Å². The molecule has 1 saturated carbocycles. The number of hydrogen-bond donors (Lipinski definition) is 1. The largest absolute Gasteiger partial charge is 0.504 e. The summed E-state index contributed by atoms with van der Waals surface area (Å²) in [5, 5.41) is 9.67. The highest BCUT2D eigenvalue weighted by Gasteiger charge is 2.60. The third-order valence-electron chi connectivity index (χ3n) is 6.44. The molecular formula is C26H28O7. The quantitative estimate of drug-likeness (QED) is 0.485. The van der Waals surface area contributed by atoms with E-state index in [1.54, 1.807) is 12.1 Å². The van der Waals surface area contributed by atoms with Crippen molar-refractivity contribution in [3.05, 3.63) is 71.8 Å². The number of carbonyl (C=O) groups is 1. The predicted octanol–water partition coefficient (Wildman–Crippen LogP) is 3.53. The molecule has 174 valence electrons. The van der Waals surface area contributed by atoms with Gasteiger partial charge in [-0.2, -0.15) is 0 Å². The Hall–Kier alpha value is -2.87. The van der Waals surface area contributed by atoms with Gasteiger partial charge in [-0.25, -0.2) is 0 Å². The van der Waals surface area contributed by atoms with E-state index in [-0.39, 0.29) is 49.0 Å². The summed E-state index contributed by atoms with van der Waals surface area (Å²) in [6.45, 7) is 0.171. The van der Waals surface area contributed by atoms with Gasteiger partial charge in [0.05, 0.1) is 38.3 Å². The second kappa shape index (κ2) is 9.17. The van der Waals surface area contributed by atoms with Crippen LogP contribution in [0.25, 0.3) is 0 Å². The molecule has 2 aromatic rings. The van der Waals surface area contributed by atoms with Gasteiger partial charge in [0.1, 0.15) is 6.61 Å². The Morgan fingerprint density at radius 2 is 1.88 bits per heavy atom. The van der Waals surface area contributed by atoms with Gasteiger partial charge in [-0.05, 0) is 36.1 Å². The number of benzene rings is 2. The Bertz CT molecular complexity index is 1020. The molecule has 3 aliphatic rings. The molecule has 3 bridgehead atoms. The lowest BCUT2D eigenvalue weighted by Crippen LogP contribution is -2.51. The third kappa shape index (κ3) is 4.62. The van der Waals surface area contributed by atoms with Crippen molar-refractivity contribution in [3.8, 4) is 11.5 Å². The molecule has 33 heavy (non-hydrogen) atoms. The first-order chi connectivity index (χ1) is 16.0. The molecule has 0 radical (unpaired) electrons. The maximum atomic E-state index is 12.2. The number of ether oxygens (including phenoxy) is 5. The van der Waals surface area contributed by atoms with Crippen LogP contribution in [-0.2, 0) is 36.6 Å². The fourth-order valence-electron chi connectivity index (χ4n) is 4.92. The van der Waals surface area contributed by atoms with Crippen LogP contribution < -0.4 is 4.74 Å². The monoisotopic (exact) mass is 452 g/mol. The Morgan fingerprint density at radius 1 is 1.09 bits per heavy atom. The van der Waals surface area contributed by atoms with Crippen LogP contribution in [0.2, 0.25) is 0 Å². The lowest BCUT2D eigenvalue weighted by Gasteiger charge is -2.42. The van der Waals surface area contributed by atoms with Crippen LogP contribution in [0.5, 0.6) is 11.5 Å². The standard InChI is InChI=1S/C26H28O7/c1-29-23-14-18(9-10-20(23)27)15-24(28)30-13-5-8-19-21-11-12-22-25(19)33-26(31-21,32-22)16-17-6-3-2-4-7-17/h2-10,14,19,21-22,25,27H,11-13,15-16H2,1H3/b8-5+/t19-,21-,22+,25-,26?/m1/s1. The molecule has 5 rings (SSSR count). The van der Waals surface area contributed by atoms with Crippen LogP contribution in [0.15, 0.2) is 60.7 Å². The summed E-state index contributed by atoms with van der Waals surface area (Å²) in [4.78, 5) is 12.2. The summed E-state index contributed by atoms with van der Waals surface area (Å²) in [7, 11) is 1.47. The van der Waals surface area contributed by atoms with E-state index in [2.05, 4.69) is 12.1 Å². The van der Waals surface area contributed by atoms with Crippen molar-refractivity contribution in [2.75, 3.05) is 13.7 Å². The van der Waals surface area contributed by atoms with E-state index in [0.29, 0.717) is 17.7 Å². The number of methoxy groups -OCH3 is 1. The number of aromatic hydroxyl groups is 1. The van der Waals surface area contributed by atoms with Gasteiger partial charge in [0, 0.05) is 5.92 Å². The number of phenolic OH excluding ortho intramolecular Hbond substituents is 1. The van der Waals surface area contributed by atoms with Crippen molar-refractivity contribution in [3.63, 3.8) is 0 Å². The number of carbonyl (C=O) groups excluding carboxylic acids is 1. The Kier molecular flexibility index (Phi) is 6.10. The van der Waals surface area contributed by atoms with E-state index in [9.17, 15) is 9.90 Å². The maximum Gasteiger partial charge on any atom is 0.310 e. The molecule has 7 nitrogen and oxygen atoms in total. The fourth-order valence-corrected chi connectivity index (χ4v) is 4.92. The van der Waals surface area contributed by atoms with E-state index in [1.807, 2.05) is 30.4 Å². The summed E-state index contributed by atoms with van der Waals surface area (Å²) in [5.41, 5.74) is 1.83. The molecule has 2 aromatic carbocycles. The Balaban J connectivity index is 1.15. The van der Waals surface area contributed by atoms with Crippen molar-refractivity contribution < 1.29 is 33.6 Å². The SMILES string of the molecule is COc1cc(CC(=O)OC/C=C/[C@H]2[C@H]3OC4(Cc5ccccc5)O[C@H]3CC[C@H]2O4)ccc1O. The van der Waals surface area contributed by atoms with Gasteiger partial charge in [-0.1, -0.05) is 48.6 Å². The molecule has 3 fully saturated rings. The zero-order valence-corrected chi connectivity index (χ0v) is 18.5. The summed E-state index contributed by atoms with van der Waals surface area (Å²) in [5.74, 6) is -0.923. The van der Waals surface area contributed by atoms with Gasteiger partial charge in [0.25, 0.3) is 5.97 Å². The molecule has 0 spiro atoms. The second-order valence-corrected chi connectivity index (χ2v) is 8.69. The lowest BCUT2D eigenvalue weighted by molar-refractivity contribution is -0.378. The zero-order valence-electron chi connectivity index (χ0n) is 18.5. The van der Waals surface area contributed by atoms with E-state index in [4.69, 9.17) is 23.7 Å². The lowest BCUT2D eigenvalue weighted by atomic mass is 9.81. The molecule has 1 aliphatic carbocycles. The van der Waals surface area contributed by atoms with Gasteiger partial charge >= 0.3 is 5.97 Å². The van der Waals surface area contributed by atoms with Gasteiger partial charge in [0.2, 0.25) is 0 Å². The smallest absolute Gasteiger partial charge is 0.310 e. The van der Waals surface area contributed by atoms with Crippen LogP contribution >= 0.6 is 0 Å². The van der Waals surface area contributed by atoms with E-state index in [1.165, 1.54) is 13.2 Å². The topological polar surface area (TPSA) is 83.5 Å². The van der Waals surface area contributed by atoms with E-state index >= 15 is 0 Å². The van der Waals surface area contributed by atoms with Crippen molar-refractivity contribution in [1.29, 1.82) is 0 Å². The first-order valence-corrected chi connectivity index (χ1v) is 11.3. The van der Waals surface area contributed by atoms with Crippen molar-refractivity contribution in [2.24, 2.45) is 5.92 Å².